The van der Waals surface area contributed by atoms with E-state index >= 15 is 0 Å². The van der Waals surface area contributed by atoms with Crippen LogP contribution in [0.2, 0.25) is 0 Å². The first-order valence-electron chi connectivity index (χ1n) is 6.26. The van der Waals surface area contributed by atoms with Gasteiger partial charge in [-0.3, -0.25) is 14.2 Å². The van der Waals surface area contributed by atoms with Gasteiger partial charge in [-0.1, -0.05) is 6.07 Å². The average Bonchev–Trinajstić information content (AvgIpc) is 2.43. The Balaban J connectivity index is 2.18. The fourth-order valence-electron chi connectivity index (χ4n) is 1.78. The monoisotopic (exact) mass is 398 g/mol. The standard InChI is InChI=1S/C14H15IN4O2/c1-8-3-4-10(16)5-11(8)18-12(20)6-19-7-17-9(2)13(15)14(19)21/h3-5,7H,6,16H2,1-2H3,(H,18,20). The summed E-state index contributed by atoms with van der Waals surface area (Å²) in [6, 6.07) is 5.28. The molecule has 6 nitrogen and oxygen atoms in total. The van der Waals surface area contributed by atoms with Gasteiger partial charge in [-0.25, -0.2) is 4.98 Å². The van der Waals surface area contributed by atoms with E-state index in [1.165, 1.54) is 10.9 Å². The van der Waals surface area contributed by atoms with Gasteiger partial charge in [-0.2, -0.15) is 0 Å². The summed E-state index contributed by atoms with van der Waals surface area (Å²) in [6.07, 6.45) is 1.38. The number of nitrogens with two attached hydrogens (primary N) is 1. The van der Waals surface area contributed by atoms with Crippen molar-refractivity contribution in [3.05, 3.63) is 49.7 Å². The fourth-order valence-corrected chi connectivity index (χ4v) is 2.23. The van der Waals surface area contributed by atoms with Crippen LogP contribution in [0.3, 0.4) is 0 Å². The van der Waals surface area contributed by atoms with Gasteiger partial charge in [0.05, 0.1) is 15.6 Å². The van der Waals surface area contributed by atoms with Gasteiger partial charge in [0.25, 0.3) is 5.56 Å². The molecule has 0 radical (unpaired) electrons. The van der Waals surface area contributed by atoms with E-state index in [1.54, 1.807) is 19.1 Å². The maximum absolute atomic E-state index is 12.1. The first-order chi connectivity index (χ1) is 9.88. The van der Waals surface area contributed by atoms with Crippen LogP contribution >= 0.6 is 22.6 Å². The smallest absolute Gasteiger partial charge is 0.267 e. The lowest BCUT2D eigenvalue weighted by atomic mass is 10.2. The number of nitrogens with one attached hydrogen (secondary N) is 1. The molecule has 1 amide bonds. The predicted octanol–water partition coefficient (Wildman–Crippen LogP) is 1.69. The Kier molecular flexibility index (Phi) is 4.61. The molecule has 0 aliphatic carbocycles. The third-order valence-corrected chi connectivity index (χ3v) is 4.25. The van der Waals surface area contributed by atoms with Crippen molar-refractivity contribution in [2.45, 2.75) is 20.4 Å². The van der Waals surface area contributed by atoms with Gasteiger partial charge in [0.1, 0.15) is 6.54 Å². The Morgan fingerprint density at radius 1 is 1.43 bits per heavy atom. The van der Waals surface area contributed by atoms with E-state index in [-0.39, 0.29) is 18.0 Å². The molecule has 1 aromatic heterocycles. The number of aromatic nitrogens is 2. The number of nitrogens with zero attached hydrogens (tertiary/aromatic N) is 2. The van der Waals surface area contributed by atoms with Crippen molar-refractivity contribution in [1.29, 1.82) is 0 Å². The largest absolute Gasteiger partial charge is 0.399 e. The lowest BCUT2D eigenvalue weighted by Gasteiger charge is -2.10. The minimum Gasteiger partial charge on any atom is -0.399 e. The highest BCUT2D eigenvalue weighted by Gasteiger charge is 2.10. The van der Waals surface area contributed by atoms with Crippen molar-refractivity contribution in [2.24, 2.45) is 0 Å². The summed E-state index contributed by atoms with van der Waals surface area (Å²) < 4.78 is 1.80. The Bertz CT molecular complexity index is 755. The molecule has 3 N–H and O–H groups in total. The maximum atomic E-state index is 12.1. The van der Waals surface area contributed by atoms with Gasteiger partial charge in [-0.15, -0.1) is 0 Å². The average molecular weight is 398 g/mol. The van der Waals surface area contributed by atoms with E-state index in [0.717, 1.165) is 5.56 Å². The zero-order chi connectivity index (χ0) is 15.6. The molecule has 2 rings (SSSR count). The second-order valence-electron chi connectivity index (χ2n) is 4.70. The Morgan fingerprint density at radius 2 is 2.14 bits per heavy atom. The highest BCUT2D eigenvalue weighted by molar-refractivity contribution is 14.1. The molecule has 0 saturated carbocycles. The van der Waals surface area contributed by atoms with Gasteiger partial charge in [0.2, 0.25) is 5.91 Å². The number of carbonyl (C=O) groups excluding carboxylic acids is 1. The third kappa shape index (κ3) is 3.60. The minimum absolute atomic E-state index is 0.0870. The number of nitrogen functional groups attached to an aromatic ring is 1. The highest BCUT2D eigenvalue weighted by Crippen LogP contribution is 2.17. The summed E-state index contributed by atoms with van der Waals surface area (Å²) >= 11 is 1.93. The van der Waals surface area contributed by atoms with Crippen LogP contribution in [-0.2, 0) is 11.3 Å². The second-order valence-corrected chi connectivity index (χ2v) is 5.78. The van der Waals surface area contributed by atoms with E-state index < -0.39 is 0 Å². The minimum atomic E-state index is -0.299. The molecule has 110 valence electrons. The summed E-state index contributed by atoms with van der Waals surface area (Å²) in [7, 11) is 0. The van der Waals surface area contributed by atoms with Crippen molar-refractivity contribution >= 4 is 39.9 Å². The van der Waals surface area contributed by atoms with Crippen molar-refractivity contribution in [3.63, 3.8) is 0 Å². The molecule has 0 fully saturated rings. The van der Waals surface area contributed by atoms with Crippen LogP contribution in [0, 0.1) is 17.4 Å². The third-order valence-electron chi connectivity index (χ3n) is 3.01. The number of aryl methyl sites for hydroxylation is 2. The number of hydrogen-bond donors (Lipinski definition) is 2. The molecule has 0 aliphatic heterocycles. The van der Waals surface area contributed by atoms with Crippen LogP contribution in [0.1, 0.15) is 11.3 Å². The van der Waals surface area contributed by atoms with Crippen LogP contribution in [0.25, 0.3) is 0 Å². The molecule has 0 atom stereocenters. The Morgan fingerprint density at radius 3 is 2.86 bits per heavy atom. The van der Waals surface area contributed by atoms with Crippen molar-refractivity contribution < 1.29 is 4.79 Å². The second kappa shape index (κ2) is 6.25. The normalized spacial score (nSPS) is 10.4. The SMILES string of the molecule is Cc1ccc(N)cc1NC(=O)Cn1cnc(C)c(I)c1=O. The van der Waals surface area contributed by atoms with Crippen LogP contribution in [0.4, 0.5) is 11.4 Å². The highest BCUT2D eigenvalue weighted by atomic mass is 127. The predicted molar refractivity (Wildman–Crippen MR) is 90.2 cm³/mol. The molecule has 0 spiro atoms. The van der Waals surface area contributed by atoms with E-state index in [9.17, 15) is 9.59 Å². The molecular formula is C14H15IN4O2. The topological polar surface area (TPSA) is 90.0 Å². The number of rotatable bonds is 3. The van der Waals surface area contributed by atoms with E-state index in [1.807, 2.05) is 35.6 Å². The summed E-state index contributed by atoms with van der Waals surface area (Å²) in [5, 5.41) is 2.75. The van der Waals surface area contributed by atoms with Gasteiger partial charge in [-0.05, 0) is 54.1 Å². The molecule has 7 heteroatoms. The molecule has 0 aliphatic rings. The maximum Gasteiger partial charge on any atom is 0.267 e. The molecule has 0 saturated heterocycles. The van der Waals surface area contributed by atoms with E-state index in [0.29, 0.717) is 20.6 Å². The van der Waals surface area contributed by atoms with Crippen molar-refractivity contribution in [1.82, 2.24) is 9.55 Å². The zero-order valence-corrected chi connectivity index (χ0v) is 13.8. The summed E-state index contributed by atoms with van der Waals surface area (Å²) in [5.74, 6) is -0.299. The Labute approximate surface area is 135 Å². The molecule has 1 heterocycles. The number of halogens is 1. The van der Waals surface area contributed by atoms with Crippen LogP contribution in [0.15, 0.2) is 29.3 Å². The lowest BCUT2D eigenvalue weighted by molar-refractivity contribution is -0.116. The summed E-state index contributed by atoms with van der Waals surface area (Å²) in [5.41, 5.74) is 8.25. The number of carbonyl (C=O) groups is 1. The number of anilines is 2. The Hall–Kier alpha value is -1.90. The fraction of sp³-hybridized carbons (Fsp3) is 0.214. The van der Waals surface area contributed by atoms with Gasteiger partial charge < -0.3 is 11.1 Å². The lowest BCUT2D eigenvalue weighted by Crippen LogP contribution is -2.30. The molecule has 1 aromatic carbocycles. The first kappa shape index (κ1) is 15.5. The van der Waals surface area contributed by atoms with Crippen molar-refractivity contribution in [3.8, 4) is 0 Å². The van der Waals surface area contributed by atoms with E-state index in [2.05, 4.69) is 10.3 Å². The summed E-state index contributed by atoms with van der Waals surface area (Å²) in [4.78, 5) is 28.2. The van der Waals surface area contributed by atoms with E-state index in [4.69, 9.17) is 5.73 Å². The van der Waals surface area contributed by atoms with Gasteiger partial charge in [0, 0.05) is 11.4 Å². The molecule has 2 aromatic rings. The molecular weight excluding hydrogens is 383 g/mol. The summed E-state index contributed by atoms with van der Waals surface area (Å²) in [6.45, 7) is 3.54. The number of benzene rings is 1. The molecule has 0 unspecified atom stereocenters. The number of amides is 1. The van der Waals surface area contributed by atoms with Gasteiger partial charge in [0.15, 0.2) is 0 Å². The first-order valence-corrected chi connectivity index (χ1v) is 7.34. The number of hydrogen-bond acceptors (Lipinski definition) is 4. The van der Waals surface area contributed by atoms with Gasteiger partial charge >= 0.3 is 0 Å². The van der Waals surface area contributed by atoms with Crippen LogP contribution in [0.5, 0.6) is 0 Å². The molecule has 21 heavy (non-hydrogen) atoms. The quantitative estimate of drug-likeness (QED) is 0.608. The van der Waals surface area contributed by atoms with Crippen LogP contribution < -0.4 is 16.6 Å². The van der Waals surface area contributed by atoms with Crippen molar-refractivity contribution in [2.75, 3.05) is 11.1 Å². The molecule has 0 bridgehead atoms. The van der Waals surface area contributed by atoms with Crippen LogP contribution in [-0.4, -0.2) is 15.5 Å². The zero-order valence-electron chi connectivity index (χ0n) is 11.7.